The van der Waals surface area contributed by atoms with E-state index < -0.39 is 0 Å². The lowest BCUT2D eigenvalue weighted by Gasteiger charge is -2.15. The highest BCUT2D eigenvalue weighted by Gasteiger charge is 2.18. The lowest BCUT2D eigenvalue weighted by molar-refractivity contribution is -0.115. The van der Waals surface area contributed by atoms with Crippen molar-refractivity contribution < 1.29 is 19.0 Å². The van der Waals surface area contributed by atoms with Crippen molar-refractivity contribution in [3.63, 3.8) is 0 Å². The van der Waals surface area contributed by atoms with Crippen LogP contribution in [0.4, 0.5) is 5.69 Å². The Hall–Kier alpha value is -3.46. The number of anilines is 1. The van der Waals surface area contributed by atoms with Crippen molar-refractivity contribution in [3.05, 3.63) is 69.6 Å². The smallest absolute Gasteiger partial charge is 0.255 e. The second-order valence-electron chi connectivity index (χ2n) is 7.24. The number of thioether (sulfide) groups is 1. The molecule has 0 fully saturated rings. The molecule has 0 saturated heterocycles. The maximum absolute atomic E-state index is 12.7. The number of hydrogen-bond acceptors (Lipinski definition) is 7. The first-order valence-corrected chi connectivity index (χ1v) is 11.2. The van der Waals surface area contributed by atoms with Crippen molar-refractivity contribution in [2.75, 3.05) is 26.6 Å². The molecule has 3 aromatic rings. The highest BCUT2D eigenvalue weighted by molar-refractivity contribution is 7.99. The van der Waals surface area contributed by atoms with Crippen LogP contribution in [0.1, 0.15) is 29.0 Å². The number of rotatable bonds is 9. The van der Waals surface area contributed by atoms with Crippen LogP contribution in [-0.4, -0.2) is 37.2 Å². The number of methoxy groups -OCH3 is 3. The van der Waals surface area contributed by atoms with Gasteiger partial charge in [0.05, 0.1) is 27.8 Å². The number of carbonyl (C=O) groups is 1. The van der Waals surface area contributed by atoms with Crippen molar-refractivity contribution >= 4 is 23.4 Å². The molecule has 1 aromatic heterocycles. The molecule has 1 amide bonds. The van der Waals surface area contributed by atoms with E-state index in [9.17, 15) is 9.59 Å². The molecule has 0 bridgehead atoms. The third-order valence-electron chi connectivity index (χ3n) is 5.04. The summed E-state index contributed by atoms with van der Waals surface area (Å²) in [6.45, 7) is 3.78. The Kier molecular flexibility index (Phi) is 8.00. The number of amides is 1. The number of aromatic amines is 1. The number of ether oxygens (including phenoxy) is 3. The van der Waals surface area contributed by atoms with Gasteiger partial charge in [-0.15, -0.1) is 0 Å². The third kappa shape index (κ3) is 5.87. The van der Waals surface area contributed by atoms with Gasteiger partial charge in [0.25, 0.3) is 5.56 Å². The Morgan fingerprint density at radius 1 is 1.09 bits per heavy atom. The van der Waals surface area contributed by atoms with E-state index in [0.29, 0.717) is 39.3 Å². The van der Waals surface area contributed by atoms with Gasteiger partial charge in [0.2, 0.25) is 11.7 Å². The molecule has 0 saturated carbocycles. The van der Waals surface area contributed by atoms with E-state index in [1.54, 1.807) is 19.1 Å². The van der Waals surface area contributed by atoms with Crippen molar-refractivity contribution in [3.8, 4) is 17.2 Å². The van der Waals surface area contributed by atoms with Gasteiger partial charge in [-0.1, -0.05) is 42.1 Å². The van der Waals surface area contributed by atoms with Crippen LogP contribution in [0.5, 0.6) is 17.2 Å². The van der Waals surface area contributed by atoms with Crippen molar-refractivity contribution in [2.24, 2.45) is 0 Å². The molecule has 0 spiro atoms. The summed E-state index contributed by atoms with van der Waals surface area (Å²) in [6.07, 6.45) is -0.121. The molecule has 0 aliphatic carbocycles. The first kappa shape index (κ1) is 24.2. The van der Waals surface area contributed by atoms with E-state index in [1.807, 2.05) is 37.3 Å². The van der Waals surface area contributed by atoms with Gasteiger partial charge < -0.3 is 24.5 Å². The predicted molar refractivity (Wildman–Crippen MR) is 129 cm³/mol. The van der Waals surface area contributed by atoms with Gasteiger partial charge in [-0.05, 0) is 19.4 Å². The summed E-state index contributed by atoms with van der Waals surface area (Å²) in [5, 5.41) is 3.40. The second kappa shape index (κ2) is 10.9. The SMILES string of the molecule is COc1cc(NC(=O)Cc2c(C)nc(SC(C)c3ccccc3)[nH]c2=O)cc(OC)c1OC. The summed E-state index contributed by atoms with van der Waals surface area (Å²) in [5.41, 5.74) is 2.10. The molecular weight excluding hydrogens is 442 g/mol. The van der Waals surface area contributed by atoms with Crippen LogP contribution < -0.4 is 25.1 Å². The first-order chi connectivity index (χ1) is 15.9. The van der Waals surface area contributed by atoms with Crippen LogP contribution in [0, 0.1) is 6.92 Å². The summed E-state index contributed by atoms with van der Waals surface area (Å²) in [4.78, 5) is 32.7. The first-order valence-electron chi connectivity index (χ1n) is 10.3. The van der Waals surface area contributed by atoms with Crippen LogP contribution in [-0.2, 0) is 11.2 Å². The zero-order chi connectivity index (χ0) is 24.0. The predicted octanol–water partition coefficient (Wildman–Crippen LogP) is 4.14. The van der Waals surface area contributed by atoms with Crippen LogP contribution in [0.2, 0.25) is 0 Å². The number of benzene rings is 2. The molecule has 0 radical (unpaired) electrons. The lowest BCUT2D eigenvalue weighted by atomic mass is 10.1. The van der Waals surface area contributed by atoms with Gasteiger partial charge in [0, 0.05) is 34.3 Å². The minimum Gasteiger partial charge on any atom is -0.493 e. The zero-order valence-electron chi connectivity index (χ0n) is 19.2. The van der Waals surface area contributed by atoms with Crippen LogP contribution >= 0.6 is 11.8 Å². The summed E-state index contributed by atoms with van der Waals surface area (Å²) in [6, 6.07) is 13.2. The number of carbonyl (C=O) groups excluding carboxylic acids is 1. The Morgan fingerprint density at radius 2 is 1.73 bits per heavy atom. The Morgan fingerprint density at radius 3 is 2.27 bits per heavy atom. The topological polar surface area (TPSA) is 103 Å². The molecule has 2 N–H and O–H groups in total. The number of hydrogen-bond donors (Lipinski definition) is 2. The van der Waals surface area contributed by atoms with Gasteiger partial charge in [-0.25, -0.2) is 4.98 Å². The molecule has 1 unspecified atom stereocenters. The quantitative estimate of drug-likeness (QED) is 0.359. The Bertz CT molecular complexity index is 1160. The van der Waals surface area contributed by atoms with Gasteiger partial charge in [-0.2, -0.15) is 0 Å². The number of H-pyrrole nitrogens is 1. The zero-order valence-corrected chi connectivity index (χ0v) is 20.0. The number of nitrogens with one attached hydrogen (secondary N) is 2. The molecule has 3 rings (SSSR count). The third-order valence-corrected chi connectivity index (χ3v) is 6.09. The number of nitrogens with zero attached hydrogens (tertiary/aromatic N) is 1. The van der Waals surface area contributed by atoms with Crippen molar-refractivity contribution in [2.45, 2.75) is 30.7 Å². The lowest BCUT2D eigenvalue weighted by Crippen LogP contribution is -2.24. The fourth-order valence-electron chi connectivity index (χ4n) is 3.33. The number of aryl methyl sites for hydroxylation is 1. The van der Waals surface area contributed by atoms with Crippen LogP contribution in [0.3, 0.4) is 0 Å². The largest absolute Gasteiger partial charge is 0.493 e. The fraction of sp³-hybridized carbons (Fsp3) is 0.292. The van der Waals surface area contributed by atoms with E-state index in [2.05, 4.69) is 15.3 Å². The normalized spacial score (nSPS) is 11.5. The average molecular weight is 470 g/mol. The summed E-state index contributed by atoms with van der Waals surface area (Å²) in [7, 11) is 4.49. The average Bonchev–Trinajstić information content (AvgIpc) is 2.81. The van der Waals surface area contributed by atoms with Crippen LogP contribution in [0.15, 0.2) is 52.4 Å². The highest BCUT2D eigenvalue weighted by atomic mass is 32.2. The number of aromatic nitrogens is 2. The van der Waals surface area contributed by atoms with E-state index >= 15 is 0 Å². The molecular formula is C24H27N3O5S. The molecule has 9 heteroatoms. The molecule has 174 valence electrons. The van der Waals surface area contributed by atoms with E-state index in [1.165, 1.54) is 33.1 Å². The van der Waals surface area contributed by atoms with Crippen molar-refractivity contribution in [1.29, 1.82) is 0 Å². The van der Waals surface area contributed by atoms with Gasteiger partial charge >= 0.3 is 0 Å². The van der Waals surface area contributed by atoms with Gasteiger partial charge in [0.15, 0.2) is 16.7 Å². The molecule has 33 heavy (non-hydrogen) atoms. The minimum atomic E-state index is -0.363. The Balaban J connectivity index is 1.74. The Labute approximate surface area is 196 Å². The van der Waals surface area contributed by atoms with E-state index in [4.69, 9.17) is 14.2 Å². The standard InChI is InChI=1S/C24H27N3O5S/c1-14-18(23(29)27-24(25-14)33-15(2)16-9-7-6-8-10-16)13-21(28)26-17-11-19(30-3)22(32-5)20(12-17)31-4/h6-12,15H,13H2,1-5H3,(H,26,28)(H,25,27,29). The summed E-state index contributed by atoms with van der Waals surface area (Å²) >= 11 is 1.46. The van der Waals surface area contributed by atoms with Crippen molar-refractivity contribution in [1.82, 2.24) is 9.97 Å². The maximum atomic E-state index is 12.7. The molecule has 1 heterocycles. The molecule has 1 atom stereocenters. The summed E-state index contributed by atoms with van der Waals surface area (Å²) in [5.74, 6) is 0.888. The highest BCUT2D eigenvalue weighted by Crippen LogP contribution is 2.40. The van der Waals surface area contributed by atoms with Gasteiger partial charge in [0.1, 0.15) is 0 Å². The van der Waals surface area contributed by atoms with Gasteiger partial charge in [-0.3, -0.25) is 9.59 Å². The molecule has 0 aliphatic heterocycles. The maximum Gasteiger partial charge on any atom is 0.255 e. The van der Waals surface area contributed by atoms with E-state index in [-0.39, 0.29) is 23.1 Å². The molecule has 2 aromatic carbocycles. The van der Waals surface area contributed by atoms with Crippen LogP contribution in [0.25, 0.3) is 0 Å². The summed E-state index contributed by atoms with van der Waals surface area (Å²) < 4.78 is 15.9. The minimum absolute atomic E-state index is 0.114. The second-order valence-corrected chi connectivity index (χ2v) is 8.57. The fourth-order valence-corrected chi connectivity index (χ4v) is 4.30. The molecule has 8 nitrogen and oxygen atoms in total. The van der Waals surface area contributed by atoms with E-state index in [0.717, 1.165) is 5.56 Å². The molecule has 0 aliphatic rings. The monoisotopic (exact) mass is 469 g/mol.